The highest BCUT2D eigenvalue weighted by molar-refractivity contribution is 5.71. The highest BCUT2D eigenvalue weighted by Gasteiger charge is 2.19. The van der Waals surface area contributed by atoms with Crippen molar-refractivity contribution in [2.24, 2.45) is 0 Å². The normalized spacial score (nSPS) is 12.6. The molecule has 0 rings (SSSR count). The number of hydrogen-bond acceptors (Lipinski definition) is 6. The Morgan fingerprint density at radius 3 is 0.955 bits per heavy atom. The molecule has 380 valence electrons. The van der Waals surface area contributed by atoms with Gasteiger partial charge < -0.3 is 14.2 Å². The van der Waals surface area contributed by atoms with E-state index >= 15 is 0 Å². The van der Waals surface area contributed by atoms with Gasteiger partial charge in [-0.05, 0) is 109 Å². The molecule has 0 aliphatic carbocycles. The molecule has 0 spiro atoms. The molecule has 0 aliphatic rings. The Labute approximate surface area is 408 Å². The number of rotatable bonds is 50. The Balaban J connectivity index is 4.48. The van der Waals surface area contributed by atoms with Gasteiger partial charge in [0.1, 0.15) is 13.2 Å². The zero-order valence-corrected chi connectivity index (χ0v) is 43.4. The minimum absolute atomic E-state index is 0.0980. The molecule has 1 atom stereocenters. The van der Waals surface area contributed by atoms with E-state index in [-0.39, 0.29) is 37.5 Å². The Bertz CT molecular complexity index is 1240. The molecule has 6 heteroatoms. The first-order chi connectivity index (χ1) is 32.5. The molecule has 0 saturated carbocycles. The van der Waals surface area contributed by atoms with Crippen molar-refractivity contribution in [1.29, 1.82) is 0 Å². The molecule has 0 aliphatic heterocycles. The van der Waals surface area contributed by atoms with Crippen molar-refractivity contribution in [2.45, 2.75) is 277 Å². The van der Waals surface area contributed by atoms with Gasteiger partial charge in [-0.3, -0.25) is 14.4 Å². The smallest absolute Gasteiger partial charge is 0.306 e. The number of ether oxygens (including phenoxy) is 3. The summed E-state index contributed by atoms with van der Waals surface area (Å²) in [5.74, 6) is -0.963. The van der Waals surface area contributed by atoms with Gasteiger partial charge in [0.15, 0.2) is 6.10 Å². The SMILES string of the molecule is CCCCC/C=C/C/C=C/C/C=C/C/C=C/CCCC(=O)OC[C@@H](COC(=O)CCCCCCC/C=C/CCCCCCC)OC(=O)CCCCCCCCC/C=C/CCCCCCCC. The molecule has 0 unspecified atom stereocenters. The van der Waals surface area contributed by atoms with Gasteiger partial charge in [-0.15, -0.1) is 0 Å². The van der Waals surface area contributed by atoms with Crippen LogP contribution in [0, 0.1) is 0 Å². The van der Waals surface area contributed by atoms with Crippen LogP contribution in [0.4, 0.5) is 0 Å². The summed E-state index contributed by atoms with van der Waals surface area (Å²) >= 11 is 0. The third kappa shape index (κ3) is 51.8. The lowest BCUT2D eigenvalue weighted by Crippen LogP contribution is -2.30. The maximum absolute atomic E-state index is 12.8. The zero-order chi connectivity index (χ0) is 47.9. The Hall–Kier alpha value is -3.15. The van der Waals surface area contributed by atoms with Crippen molar-refractivity contribution in [3.63, 3.8) is 0 Å². The quantitative estimate of drug-likeness (QED) is 0.0262. The first kappa shape index (κ1) is 62.8. The van der Waals surface area contributed by atoms with Crippen LogP contribution in [0.1, 0.15) is 271 Å². The van der Waals surface area contributed by atoms with Crippen LogP contribution in [0.3, 0.4) is 0 Å². The lowest BCUT2D eigenvalue weighted by Gasteiger charge is -2.18. The van der Waals surface area contributed by atoms with Gasteiger partial charge in [0.2, 0.25) is 0 Å². The van der Waals surface area contributed by atoms with Crippen LogP contribution >= 0.6 is 0 Å². The molecule has 0 N–H and O–H groups in total. The van der Waals surface area contributed by atoms with E-state index in [0.717, 1.165) is 70.6 Å². The van der Waals surface area contributed by atoms with E-state index in [0.29, 0.717) is 19.3 Å². The topological polar surface area (TPSA) is 78.9 Å². The van der Waals surface area contributed by atoms with Crippen molar-refractivity contribution >= 4 is 17.9 Å². The molecule has 0 radical (unpaired) electrons. The molecule has 0 heterocycles. The van der Waals surface area contributed by atoms with E-state index in [1.807, 2.05) is 0 Å². The zero-order valence-electron chi connectivity index (χ0n) is 43.4. The van der Waals surface area contributed by atoms with Gasteiger partial charge in [-0.1, -0.05) is 216 Å². The summed E-state index contributed by atoms with van der Waals surface area (Å²) in [6.07, 6.45) is 68.9. The van der Waals surface area contributed by atoms with Gasteiger partial charge in [0.25, 0.3) is 0 Å². The number of carbonyl (C=O) groups is 3. The molecule has 66 heavy (non-hydrogen) atoms. The highest BCUT2D eigenvalue weighted by atomic mass is 16.6. The maximum atomic E-state index is 12.8. The summed E-state index contributed by atoms with van der Waals surface area (Å²) in [6, 6.07) is 0. The summed E-state index contributed by atoms with van der Waals surface area (Å²) in [5.41, 5.74) is 0. The molecule has 0 amide bonds. The van der Waals surface area contributed by atoms with Crippen LogP contribution in [0.5, 0.6) is 0 Å². The van der Waals surface area contributed by atoms with Gasteiger partial charge in [-0.2, -0.15) is 0 Å². The van der Waals surface area contributed by atoms with E-state index in [1.165, 1.54) is 154 Å². The fraction of sp³-hybridized carbons (Fsp3) is 0.750. The third-order valence-electron chi connectivity index (χ3n) is 11.9. The van der Waals surface area contributed by atoms with Crippen molar-refractivity contribution in [3.8, 4) is 0 Å². The fourth-order valence-electron chi connectivity index (χ4n) is 7.66. The van der Waals surface area contributed by atoms with Crippen molar-refractivity contribution in [1.82, 2.24) is 0 Å². The monoisotopic (exact) mass is 921 g/mol. The minimum atomic E-state index is -0.803. The summed E-state index contributed by atoms with van der Waals surface area (Å²) in [7, 11) is 0. The van der Waals surface area contributed by atoms with E-state index in [9.17, 15) is 14.4 Å². The second-order valence-corrected chi connectivity index (χ2v) is 18.5. The third-order valence-corrected chi connectivity index (χ3v) is 11.9. The molecule has 0 aromatic rings. The first-order valence-electron chi connectivity index (χ1n) is 27.9. The summed E-state index contributed by atoms with van der Waals surface area (Å²) in [4.78, 5) is 38.1. The second-order valence-electron chi connectivity index (χ2n) is 18.5. The number of unbranched alkanes of at least 4 members (excludes halogenated alkanes) is 27. The Morgan fingerprint density at radius 1 is 0.303 bits per heavy atom. The lowest BCUT2D eigenvalue weighted by atomic mass is 10.1. The largest absolute Gasteiger partial charge is 0.462 e. The van der Waals surface area contributed by atoms with Gasteiger partial charge in [0.05, 0.1) is 0 Å². The average molecular weight is 921 g/mol. The average Bonchev–Trinajstić information content (AvgIpc) is 3.31. The van der Waals surface area contributed by atoms with Crippen LogP contribution < -0.4 is 0 Å². The summed E-state index contributed by atoms with van der Waals surface area (Å²) in [6.45, 7) is 6.55. The number of esters is 3. The minimum Gasteiger partial charge on any atom is -0.462 e. The van der Waals surface area contributed by atoms with Crippen LogP contribution in [-0.4, -0.2) is 37.2 Å². The van der Waals surface area contributed by atoms with E-state index < -0.39 is 6.10 Å². The predicted molar refractivity (Wildman–Crippen MR) is 284 cm³/mol. The predicted octanol–water partition coefficient (Wildman–Crippen LogP) is 18.6. The van der Waals surface area contributed by atoms with Gasteiger partial charge in [-0.25, -0.2) is 0 Å². The molecular formula is C60H104O6. The van der Waals surface area contributed by atoms with Crippen LogP contribution in [0.25, 0.3) is 0 Å². The van der Waals surface area contributed by atoms with Gasteiger partial charge in [0, 0.05) is 19.3 Å². The molecule has 0 aromatic carbocycles. The molecule has 0 bridgehead atoms. The maximum Gasteiger partial charge on any atom is 0.306 e. The molecular weight excluding hydrogens is 817 g/mol. The van der Waals surface area contributed by atoms with Crippen LogP contribution in [0.2, 0.25) is 0 Å². The lowest BCUT2D eigenvalue weighted by molar-refractivity contribution is -0.167. The van der Waals surface area contributed by atoms with Crippen molar-refractivity contribution in [3.05, 3.63) is 72.9 Å². The summed E-state index contributed by atoms with van der Waals surface area (Å²) < 4.78 is 16.8. The van der Waals surface area contributed by atoms with E-state index in [4.69, 9.17) is 14.2 Å². The molecule has 6 nitrogen and oxygen atoms in total. The number of carbonyl (C=O) groups excluding carboxylic acids is 3. The fourth-order valence-corrected chi connectivity index (χ4v) is 7.66. The van der Waals surface area contributed by atoms with Crippen LogP contribution in [-0.2, 0) is 28.6 Å². The molecule has 0 aromatic heterocycles. The highest BCUT2D eigenvalue weighted by Crippen LogP contribution is 2.14. The standard InChI is InChI=1S/C60H104O6/c1-4-7-10-13-16-19-22-25-28-30-32-35-38-41-44-47-50-53-59(62)65-56-57(55-64-58(61)52-49-46-43-40-37-34-27-24-21-18-15-12-9-6-3)66-60(63)54-51-48-45-42-39-36-33-31-29-26-23-20-17-14-11-8-5-2/h16,19,24-29,32,35,41,44,57H,4-15,17-18,20-23,30-31,33-34,36-40,42-43,45-56H2,1-3H3/b19-16+,27-24+,28-25+,29-26+,35-32+,44-41+/t57-/m1/s1. The Morgan fingerprint density at radius 2 is 0.561 bits per heavy atom. The molecule has 0 fully saturated rings. The first-order valence-corrected chi connectivity index (χ1v) is 27.9. The van der Waals surface area contributed by atoms with Crippen LogP contribution in [0.15, 0.2) is 72.9 Å². The van der Waals surface area contributed by atoms with E-state index in [1.54, 1.807) is 0 Å². The number of allylic oxidation sites excluding steroid dienone is 12. The van der Waals surface area contributed by atoms with Crippen molar-refractivity contribution in [2.75, 3.05) is 13.2 Å². The summed E-state index contributed by atoms with van der Waals surface area (Å²) in [5, 5.41) is 0. The van der Waals surface area contributed by atoms with Gasteiger partial charge >= 0.3 is 17.9 Å². The molecule has 0 saturated heterocycles. The van der Waals surface area contributed by atoms with E-state index in [2.05, 4.69) is 93.7 Å². The number of hydrogen-bond donors (Lipinski definition) is 0. The second kappa shape index (κ2) is 54.5. The van der Waals surface area contributed by atoms with Crippen molar-refractivity contribution < 1.29 is 28.6 Å². The Kier molecular flexibility index (Phi) is 51.9.